The second kappa shape index (κ2) is 5.11. The molecular formula is C10H20N2O3. The largest absolute Gasteiger partial charge is 0.459 e. The van der Waals surface area contributed by atoms with E-state index in [9.17, 15) is 9.59 Å². The molecule has 0 saturated carbocycles. The SMILES string of the molecule is CN(C)[C@@H](CC(N)=O)C(=O)OC(C)(C)C. The molecule has 5 nitrogen and oxygen atoms in total. The van der Waals surface area contributed by atoms with Crippen LogP contribution >= 0.6 is 0 Å². The van der Waals surface area contributed by atoms with Crippen LogP contribution < -0.4 is 5.73 Å². The van der Waals surface area contributed by atoms with Crippen LogP contribution in [-0.4, -0.2) is 42.5 Å². The molecule has 0 rings (SSSR count). The molecule has 0 unspecified atom stereocenters. The van der Waals surface area contributed by atoms with Gasteiger partial charge in [-0.3, -0.25) is 14.5 Å². The Balaban J connectivity index is 4.50. The predicted octanol–water partition coefficient (Wildman–Crippen LogP) is 0.134. The Hall–Kier alpha value is -1.10. The highest BCUT2D eigenvalue weighted by Crippen LogP contribution is 2.11. The van der Waals surface area contributed by atoms with Gasteiger partial charge < -0.3 is 10.5 Å². The molecule has 5 heteroatoms. The van der Waals surface area contributed by atoms with Crippen LogP contribution in [0.1, 0.15) is 27.2 Å². The Morgan fingerprint density at radius 1 is 1.33 bits per heavy atom. The Morgan fingerprint density at radius 3 is 2.07 bits per heavy atom. The van der Waals surface area contributed by atoms with E-state index in [1.807, 2.05) is 0 Å². The van der Waals surface area contributed by atoms with Gasteiger partial charge in [0.2, 0.25) is 5.91 Å². The summed E-state index contributed by atoms with van der Waals surface area (Å²) in [5.41, 5.74) is 4.51. The zero-order valence-corrected chi connectivity index (χ0v) is 10.0. The number of hydrogen-bond acceptors (Lipinski definition) is 4. The van der Waals surface area contributed by atoms with E-state index in [2.05, 4.69) is 0 Å². The third-order valence-corrected chi connectivity index (χ3v) is 1.70. The summed E-state index contributed by atoms with van der Waals surface area (Å²) >= 11 is 0. The van der Waals surface area contributed by atoms with Crippen molar-refractivity contribution < 1.29 is 14.3 Å². The highest BCUT2D eigenvalue weighted by Gasteiger charge is 2.28. The van der Waals surface area contributed by atoms with Crippen molar-refractivity contribution in [2.24, 2.45) is 5.73 Å². The van der Waals surface area contributed by atoms with E-state index in [0.717, 1.165) is 0 Å². The molecule has 0 heterocycles. The summed E-state index contributed by atoms with van der Waals surface area (Å²) in [6, 6.07) is -0.610. The number of rotatable bonds is 4. The van der Waals surface area contributed by atoms with E-state index in [4.69, 9.17) is 10.5 Å². The molecule has 0 aliphatic carbocycles. The topological polar surface area (TPSA) is 72.6 Å². The van der Waals surface area contributed by atoms with Crippen LogP contribution in [0.4, 0.5) is 0 Å². The lowest BCUT2D eigenvalue weighted by atomic mass is 10.1. The summed E-state index contributed by atoms with van der Waals surface area (Å²) in [5, 5.41) is 0. The molecule has 0 aromatic heterocycles. The number of amides is 1. The molecule has 0 aliphatic heterocycles. The number of nitrogens with two attached hydrogens (primary N) is 1. The maximum absolute atomic E-state index is 11.7. The van der Waals surface area contributed by atoms with E-state index in [1.165, 1.54) is 0 Å². The summed E-state index contributed by atoms with van der Waals surface area (Å²) in [5.74, 6) is -0.939. The first-order valence-corrected chi connectivity index (χ1v) is 4.81. The van der Waals surface area contributed by atoms with Crippen molar-refractivity contribution in [3.8, 4) is 0 Å². The number of carbonyl (C=O) groups excluding carboxylic acids is 2. The first-order valence-electron chi connectivity index (χ1n) is 4.81. The molecule has 1 amide bonds. The number of carbonyl (C=O) groups is 2. The fourth-order valence-corrected chi connectivity index (χ4v) is 1.04. The molecule has 0 aromatic carbocycles. The van der Waals surface area contributed by atoms with Crippen LogP contribution in [0, 0.1) is 0 Å². The Labute approximate surface area is 90.6 Å². The van der Waals surface area contributed by atoms with Gasteiger partial charge in [-0.15, -0.1) is 0 Å². The number of likely N-dealkylation sites (N-methyl/N-ethyl adjacent to an activating group) is 1. The minimum atomic E-state index is -0.610. The van der Waals surface area contributed by atoms with E-state index in [1.54, 1.807) is 39.8 Å². The fourth-order valence-electron chi connectivity index (χ4n) is 1.04. The average molecular weight is 216 g/mol. The summed E-state index contributed by atoms with van der Waals surface area (Å²) in [4.78, 5) is 24.1. The number of esters is 1. The molecule has 15 heavy (non-hydrogen) atoms. The van der Waals surface area contributed by atoms with Gasteiger partial charge in [-0.2, -0.15) is 0 Å². The van der Waals surface area contributed by atoms with E-state index < -0.39 is 23.5 Å². The standard InChI is InChI=1S/C10H20N2O3/c1-10(2,3)15-9(14)7(12(4)5)6-8(11)13/h7H,6H2,1-5H3,(H2,11,13)/t7-/m0/s1. The zero-order valence-electron chi connectivity index (χ0n) is 10.0. The summed E-state index contributed by atoms with van der Waals surface area (Å²) in [6.45, 7) is 5.34. The average Bonchev–Trinajstić information content (AvgIpc) is 1.95. The molecule has 0 spiro atoms. The second-order valence-corrected chi connectivity index (χ2v) is 4.68. The summed E-state index contributed by atoms with van der Waals surface area (Å²) in [7, 11) is 3.41. The number of ether oxygens (including phenoxy) is 1. The fraction of sp³-hybridized carbons (Fsp3) is 0.800. The molecule has 1 atom stereocenters. The van der Waals surface area contributed by atoms with Gasteiger partial charge in [0.15, 0.2) is 0 Å². The third-order valence-electron chi connectivity index (χ3n) is 1.70. The lowest BCUT2D eigenvalue weighted by Crippen LogP contribution is -2.42. The van der Waals surface area contributed by atoms with Gasteiger partial charge in [0.25, 0.3) is 0 Å². The monoisotopic (exact) mass is 216 g/mol. The molecule has 2 N–H and O–H groups in total. The molecule has 0 radical (unpaired) electrons. The van der Waals surface area contributed by atoms with Crippen LogP contribution in [-0.2, 0) is 14.3 Å². The second-order valence-electron chi connectivity index (χ2n) is 4.68. The first kappa shape index (κ1) is 13.9. The highest BCUT2D eigenvalue weighted by atomic mass is 16.6. The molecular weight excluding hydrogens is 196 g/mol. The van der Waals surface area contributed by atoms with Gasteiger partial charge in [-0.1, -0.05) is 0 Å². The van der Waals surface area contributed by atoms with Crippen LogP contribution in [0.5, 0.6) is 0 Å². The molecule has 0 saturated heterocycles. The normalized spacial score (nSPS) is 13.7. The smallest absolute Gasteiger partial charge is 0.324 e. The predicted molar refractivity (Wildman–Crippen MR) is 57.1 cm³/mol. The lowest BCUT2D eigenvalue weighted by molar-refractivity contribution is -0.161. The lowest BCUT2D eigenvalue weighted by Gasteiger charge is -2.26. The Bertz CT molecular complexity index is 244. The first-order chi connectivity index (χ1) is 6.63. The van der Waals surface area contributed by atoms with Gasteiger partial charge in [0.05, 0.1) is 6.42 Å². The maximum Gasteiger partial charge on any atom is 0.324 e. The number of hydrogen-bond donors (Lipinski definition) is 1. The van der Waals surface area contributed by atoms with Crippen molar-refractivity contribution in [2.45, 2.75) is 38.8 Å². The number of primary amides is 1. The zero-order chi connectivity index (χ0) is 12.2. The summed E-state index contributed by atoms with van der Waals surface area (Å²) in [6.07, 6.45) is -0.0259. The van der Waals surface area contributed by atoms with Crippen LogP contribution in [0.3, 0.4) is 0 Å². The van der Waals surface area contributed by atoms with Crippen molar-refractivity contribution >= 4 is 11.9 Å². The quantitative estimate of drug-likeness (QED) is 0.678. The van der Waals surface area contributed by atoms with E-state index >= 15 is 0 Å². The van der Waals surface area contributed by atoms with Crippen molar-refractivity contribution in [3.63, 3.8) is 0 Å². The van der Waals surface area contributed by atoms with Crippen molar-refractivity contribution in [1.82, 2.24) is 4.90 Å². The number of nitrogens with zero attached hydrogens (tertiary/aromatic N) is 1. The van der Waals surface area contributed by atoms with Crippen LogP contribution in [0.25, 0.3) is 0 Å². The van der Waals surface area contributed by atoms with Crippen molar-refractivity contribution in [3.05, 3.63) is 0 Å². The highest BCUT2D eigenvalue weighted by molar-refractivity contribution is 5.84. The maximum atomic E-state index is 11.7. The van der Waals surface area contributed by atoms with Gasteiger partial charge in [-0.25, -0.2) is 0 Å². The Morgan fingerprint density at radius 2 is 1.80 bits per heavy atom. The van der Waals surface area contributed by atoms with Gasteiger partial charge >= 0.3 is 5.97 Å². The Kier molecular flexibility index (Phi) is 4.74. The van der Waals surface area contributed by atoms with Crippen molar-refractivity contribution in [2.75, 3.05) is 14.1 Å². The van der Waals surface area contributed by atoms with Gasteiger partial charge in [0, 0.05) is 0 Å². The third kappa shape index (κ3) is 6.06. The molecule has 0 aromatic rings. The molecule has 0 fully saturated rings. The van der Waals surface area contributed by atoms with Crippen LogP contribution in [0.2, 0.25) is 0 Å². The molecule has 0 aliphatic rings. The van der Waals surface area contributed by atoms with Crippen LogP contribution in [0.15, 0.2) is 0 Å². The summed E-state index contributed by atoms with van der Waals surface area (Å²) < 4.78 is 5.17. The minimum Gasteiger partial charge on any atom is -0.459 e. The minimum absolute atomic E-state index is 0.0259. The van der Waals surface area contributed by atoms with Crippen molar-refractivity contribution in [1.29, 1.82) is 0 Å². The molecule has 88 valence electrons. The van der Waals surface area contributed by atoms with Gasteiger partial charge in [0.1, 0.15) is 11.6 Å². The van der Waals surface area contributed by atoms with Gasteiger partial charge in [-0.05, 0) is 34.9 Å². The van der Waals surface area contributed by atoms with E-state index in [-0.39, 0.29) is 6.42 Å². The molecule has 0 bridgehead atoms. The van der Waals surface area contributed by atoms with E-state index in [0.29, 0.717) is 0 Å².